The summed E-state index contributed by atoms with van der Waals surface area (Å²) in [5.74, 6) is 1.49. The highest BCUT2D eigenvalue weighted by Gasteiger charge is 2.42. The predicted octanol–water partition coefficient (Wildman–Crippen LogP) is 9.36. The molecule has 5 aromatic heterocycles. The van der Waals surface area contributed by atoms with Crippen LogP contribution in [0.5, 0.6) is 5.88 Å². The van der Waals surface area contributed by atoms with E-state index in [9.17, 15) is 14.4 Å². The van der Waals surface area contributed by atoms with E-state index in [1.807, 2.05) is 92.5 Å². The second kappa shape index (κ2) is 19.9. The van der Waals surface area contributed by atoms with Crippen molar-refractivity contribution in [2.75, 3.05) is 6.54 Å². The zero-order valence-electron chi connectivity index (χ0n) is 40.7. The van der Waals surface area contributed by atoms with Crippen molar-refractivity contribution < 1.29 is 19.1 Å². The SMILES string of the molecule is Cc1ncsc1-c1ccc(CNC(=O)[C@@H]2C[C@@H](C)CN2C(=O)[C@H](C(C)C)n2cc(-c3ccnc(O[C@H]4C[C@@H](NC(=O)C[C@@H]5N=C(c6ccc(Cl)cc6)c6c(sc(C)c6C)-n6c(C)nnc65)C4)c3)cn2)cc1. The fourth-order valence-electron chi connectivity index (χ4n) is 9.91. The van der Waals surface area contributed by atoms with Crippen molar-refractivity contribution in [2.45, 2.75) is 111 Å². The number of rotatable bonds is 14. The Morgan fingerprint density at radius 1 is 0.915 bits per heavy atom. The zero-order valence-corrected chi connectivity index (χ0v) is 43.1. The van der Waals surface area contributed by atoms with Gasteiger partial charge in [0.2, 0.25) is 23.6 Å². The molecular weight excluding hydrogens is 954 g/mol. The van der Waals surface area contributed by atoms with Crippen LogP contribution < -0.4 is 15.4 Å². The smallest absolute Gasteiger partial charge is 0.248 e. The summed E-state index contributed by atoms with van der Waals surface area (Å²) in [7, 11) is 0. The van der Waals surface area contributed by atoms with Gasteiger partial charge in [0.15, 0.2) is 5.82 Å². The molecule has 3 aliphatic rings. The van der Waals surface area contributed by atoms with Crippen LogP contribution >= 0.6 is 34.3 Å². The number of fused-ring (bicyclic) bond motifs is 3. The molecule has 2 N–H and O–H groups in total. The number of aromatic nitrogens is 7. The summed E-state index contributed by atoms with van der Waals surface area (Å²) in [5.41, 5.74) is 10.4. The number of hydrogen-bond acceptors (Lipinski definition) is 12. The Labute approximate surface area is 425 Å². The Bertz CT molecular complexity index is 3150. The van der Waals surface area contributed by atoms with Gasteiger partial charge in [-0.2, -0.15) is 5.10 Å². The maximum absolute atomic E-state index is 14.5. The monoisotopic (exact) mass is 1010 g/mol. The van der Waals surface area contributed by atoms with E-state index in [-0.39, 0.29) is 48.1 Å². The highest BCUT2D eigenvalue weighted by atomic mass is 35.5. The molecule has 10 rings (SSSR count). The lowest BCUT2D eigenvalue weighted by Gasteiger charge is -2.35. The number of aliphatic imine (C=N–C) groups is 1. The topological polar surface area (TPSA) is 174 Å². The molecule has 0 unspecified atom stereocenters. The number of thiophene rings is 1. The van der Waals surface area contributed by atoms with E-state index in [1.165, 1.54) is 4.88 Å². The van der Waals surface area contributed by atoms with E-state index in [0.717, 1.165) is 66.1 Å². The van der Waals surface area contributed by atoms with Gasteiger partial charge in [0.1, 0.15) is 35.1 Å². The summed E-state index contributed by atoms with van der Waals surface area (Å²) in [5, 5.41) is 21.6. The fraction of sp³-hybridized carbons (Fsp3) is 0.377. The van der Waals surface area contributed by atoms with Gasteiger partial charge in [0.25, 0.3) is 0 Å². The summed E-state index contributed by atoms with van der Waals surface area (Å²) in [6, 6.07) is 17.7. The van der Waals surface area contributed by atoms with Crippen LogP contribution in [0, 0.1) is 39.5 Å². The van der Waals surface area contributed by atoms with Gasteiger partial charge < -0.3 is 20.3 Å². The van der Waals surface area contributed by atoms with E-state index in [0.29, 0.717) is 49.1 Å². The second-order valence-electron chi connectivity index (χ2n) is 19.4. The third-order valence-electron chi connectivity index (χ3n) is 13.8. The molecule has 1 saturated carbocycles. The summed E-state index contributed by atoms with van der Waals surface area (Å²) in [6.07, 6.45) is 7.12. The Morgan fingerprint density at radius 3 is 2.41 bits per heavy atom. The molecule has 4 atom stereocenters. The molecular formula is C53H56ClN11O4S2. The van der Waals surface area contributed by atoms with Gasteiger partial charge >= 0.3 is 0 Å². The molecule has 7 heterocycles. The summed E-state index contributed by atoms with van der Waals surface area (Å²) in [6.45, 7) is 15.1. The number of benzene rings is 2. The number of nitrogens with one attached hydrogen (secondary N) is 2. The van der Waals surface area contributed by atoms with Gasteiger partial charge in [-0.25, -0.2) is 9.97 Å². The molecule has 2 fully saturated rings. The largest absolute Gasteiger partial charge is 0.474 e. The van der Waals surface area contributed by atoms with Gasteiger partial charge in [-0.15, -0.1) is 32.9 Å². The Morgan fingerprint density at radius 2 is 1.68 bits per heavy atom. The van der Waals surface area contributed by atoms with E-state index in [1.54, 1.807) is 44.6 Å². The van der Waals surface area contributed by atoms with Crippen molar-refractivity contribution >= 4 is 57.7 Å². The van der Waals surface area contributed by atoms with Crippen molar-refractivity contribution in [2.24, 2.45) is 16.8 Å². The fourth-order valence-corrected chi connectivity index (χ4v) is 12.1. The number of halogens is 1. The quantitative estimate of drug-likeness (QED) is 0.108. The molecule has 15 nitrogen and oxygen atoms in total. The van der Waals surface area contributed by atoms with Gasteiger partial charge in [0.05, 0.1) is 34.4 Å². The lowest BCUT2D eigenvalue weighted by Crippen LogP contribution is -2.49. The maximum Gasteiger partial charge on any atom is 0.248 e. The van der Waals surface area contributed by atoms with Crippen LogP contribution in [-0.4, -0.2) is 87.6 Å². The van der Waals surface area contributed by atoms with Crippen LogP contribution in [0.15, 0.2) is 89.8 Å². The lowest BCUT2D eigenvalue weighted by atomic mass is 9.89. The zero-order chi connectivity index (χ0) is 49.7. The first-order valence-electron chi connectivity index (χ1n) is 24.1. The van der Waals surface area contributed by atoms with Crippen molar-refractivity contribution in [3.63, 3.8) is 0 Å². The van der Waals surface area contributed by atoms with Crippen LogP contribution in [-0.2, 0) is 20.9 Å². The van der Waals surface area contributed by atoms with Gasteiger partial charge in [0, 0.05) is 77.0 Å². The molecule has 1 saturated heterocycles. The van der Waals surface area contributed by atoms with Crippen LogP contribution in [0.4, 0.5) is 0 Å². The standard InChI is InChI=1S/C53H56ClN11O4S2/c1-28(2)48(52(68)63-25-29(3)18-43(63)51(67)56-23-34-8-10-36(11-9-34)49-31(5)57-27-70-49)64-26-38(24-58-64)37-16-17-55-45(19-37)69-41-20-40(21-41)59-44(66)22-42-50-62-61-33(7)65(50)53-46(30(4)32(6)71-53)47(60-42)35-12-14-39(54)15-13-35/h8-17,19,24,26-29,40-43,48H,18,20-23,25H2,1-7H3,(H,56,67)(H,59,66)/t29-,40-,41+,42+,43+,48+/m1/s1. The van der Waals surface area contributed by atoms with Crippen LogP contribution in [0.3, 0.4) is 0 Å². The molecule has 366 valence electrons. The maximum atomic E-state index is 14.5. The molecule has 3 amide bonds. The first kappa shape index (κ1) is 48.1. The number of carbonyl (C=O) groups is 3. The molecule has 7 aromatic rings. The van der Waals surface area contributed by atoms with Crippen LogP contribution in [0.1, 0.15) is 103 Å². The van der Waals surface area contributed by atoms with E-state index >= 15 is 0 Å². The highest BCUT2D eigenvalue weighted by molar-refractivity contribution is 7.15. The van der Waals surface area contributed by atoms with Gasteiger partial charge in [-0.3, -0.25) is 28.6 Å². The summed E-state index contributed by atoms with van der Waals surface area (Å²) < 4.78 is 10.1. The van der Waals surface area contributed by atoms with E-state index in [2.05, 4.69) is 63.7 Å². The number of hydrogen-bond donors (Lipinski definition) is 2. The Hall–Kier alpha value is -6.56. The average molecular weight is 1010 g/mol. The minimum atomic E-state index is -0.615. The Balaban J connectivity index is 0.757. The van der Waals surface area contributed by atoms with Gasteiger partial charge in [-0.05, 0) is 86.4 Å². The minimum absolute atomic E-state index is 0.0723. The summed E-state index contributed by atoms with van der Waals surface area (Å²) in [4.78, 5) is 60.1. The average Bonchev–Trinajstić information content (AvgIpc) is 4.19. The Kier molecular flexibility index (Phi) is 13.5. The number of thiazole rings is 1. The highest BCUT2D eigenvalue weighted by Crippen LogP contribution is 2.40. The molecule has 0 radical (unpaired) electrons. The van der Waals surface area contributed by atoms with Crippen molar-refractivity contribution in [1.82, 2.24) is 50.0 Å². The molecule has 18 heteroatoms. The van der Waals surface area contributed by atoms with E-state index < -0.39 is 18.1 Å². The third kappa shape index (κ3) is 9.79. The lowest BCUT2D eigenvalue weighted by molar-refractivity contribution is -0.142. The van der Waals surface area contributed by atoms with Gasteiger partial charge in [-0.1, -0.05) is 68.8 Å². The molecule has 2 aliphatic heterocycles. The van der Waals surface area contributed by atoms with Crippen LogP contribution in [0.2, 0.25) is 5.02 Å². The normalized spacial score (nSPS) is 19.9. The number of pyridine rings is 1. The first-order chi connectivity index (χ1) is 34.2. The van der Waals surface area contributed by atoms with Crippen LogP contribution in [0.25, 0.3) is 26.6 Å². The van der Waals surface area contributed by atoms with Crippen molar-refractivity contribution in [3.05, 3.63) is 134 Å². The minimum Gasteiger partial charge on any atom is -0.474 e. The number of ether oxygens (including phenoxy) is 1. The van der Waals surface area contributed by atoms with Crippen molar-refractivity contribution in [1.29, 1.82) is 0 Å². The van der Waals surface area contributed by atoms with E-state index in [4.69, 9.17) is 26.4 Å². The predicted molar refractivity (Wildman–Crippen MR) is 276 cm³/mol. The molecule has 0 spiro atoms. The molecule has 71 heavy (non-hydrogen) atoms. The van der Waals surface area contributed by atoms with Crippen molar-refractivity contribution in [3.8, 4) is 32.4 Å². The molecule has 1 aliphatic carbocycles. The number of likely N-dealkylation sites (tertiary alicyclic amines) is 1. The number of amides is 3. The third-order valence-corrected chi connectivity index (χ3v) is 16.3. The number of nitrogens with zero attached hydrogens (tertiary/aromatic N) is 9. The summed E-state index contributed by atoms with van der Waals surface area (Å²) >= 11 is 9.57. The molecule has 0 bridgehead atoms. The first-order valence-corrected chi connectivity index (χ1v) is 26.2. The molecule has 2 aromatic carbocycles. The second-order valence-corrected chi connectivity index (χ2v) is 21.9. The number of aryl methyl sites for hydroxylation is 3. The number of carbonyl (C=O) groups excluding carboxylic acids is 3.